The van der Waals surface area contributed by atoms with Crippen LogP contribution in [-0.2, 0) is 0 Å². The summed E-state index contributed by atoms with van der Waals surface area (Å²) in [6, 6.07) is 1.34. The van der Waals surface area contributed by atoms with Crippen LogP contribution in [0.4, 0.5) is 13.2 Å². The normalized spacial score (nSPS) is 24.6. The molecule has 0 spiro atoms. The monoisotopic (exact) mass is 264 g/mol. The fourth-order valence-electron chi connectivity index (χ4n) is 1.83. The van der Waals surface area contributed by atoms with Gasteiger partial charge in [-0.05, 0) is 6.92 Å². The number of likely N-dealkylation sites (tertiary alicyclic amines) is 1. The summed E-state index contributed by atoms with van der Waals surface area (Å²) in [6.45, 7) is 0.627. The Morgan fingerprint density at radius 1 is 1.61 bits per heavy atom. The first kappa shape index (κ1) is 12.9. The van der Waals surface area contributed by atoms with E-state index in [1.807, 2.05) is 0 Å². The molecule has 1 unspecified atom stereocenters. The largest absolute Gasteiger partial charge is 0.419 e. The summed E-state index contributed by atoms with van der Waals surface area (Å²) in [4.78, 5) is 12.7. The molecule has 1 aliphatic heterocycles. The molecular weight excluding hydrogens is 253 g/mol. The number of aliphatic hydroxyl groups is 1. The van der Waals surface area contributed by atoms with Gasteiger partial charge in [0.25, 0.3) is 5.91 Å². The van der Waals surface area contributed by atoms with Crippen LogP contribution in [0.5, 0.6) is 0 Å². The van der Waals surface area contributed by atoms with Gasteiger partial charge >= 0.3 is 6.18 Å². The van der Waals surface area contributed by atoms with Crippen molar-refractivity contribution in [3.63, 3.8) is 0 Å². The van der Waals surface area contributed by atoms with E-state index in [-0.39, 0.29) is 12.2 Å². The number of carbonyl (C=O) groups excluding carboxylic acids is 1. The second kappa shape index (κ2) is 3.98. The minimum atomic E-state index is -4.75. The molecule has 1 N–H and O–H groups in total. The van der Waals surface area contributed by atoms with E-state index in [0.29, 0.717) is 5.76 Å². The summed E-state index contributed by atoms with van der Waals surface area (Å²) in [5.74, 6) is -0.282. The zero-order valence-corrected chi connectivity index (χ0v) is 9.49. The molecule has 8 heteroatoms. The molecule has 100 valence electrons. The van der Waals surface area contributed by atoms with E-state index in [2.05, 4.69) is 9.68 Å². The Morgan fingerprint density at radius 2 is 2.28 bits per heavy atom. The number of amides is 1. The Bertz CT molecular complexity index is 471. The maximum Gasteiger partial charge on any atom is 0.419 e. The summed E-state index contributed by atoms with van der Waals surface area (Å²) < 4.78 is 42.4. The average molecular weight is 264 g/mol. The van der Waals surface area contributed by atoms with Crippen LogP contribution in [0.25, 0.3) is 0 Å². The van der Waals surface area contributed by atoms with Gasteiger partial charge in [-0.3, -0.25) is 4.79 Å². The smallest absolute Gasteiger partial charge is 0.379 e. The standard InChI is InChI=1S/C10H11F3N2O3/c1-6-4-7(14-18-6)8(16)15-3-2-9(17,5-15)10(11,12)13/h4,17H,2-3,5H2,1H3. The van der Waals surface area contributed by atoms with Crippen molar-refractivity contribution in [2.45, 2.75) is 25.1 Å². The molecule has 0 radical (unpaired) electrons. The molecule has 2 rings (SSSR count). The van der Waals surface area contributed by atoms with Crippen LogP contribution in [0.3, 0.4) is 0 Å². The summed E-state index contributed by atoms with van der Waals surface area (Å²) in [5, 5.41) is 12.9. The van der Waals surface area contributed by atoms with Crippen LogP contribution in [0.1, 0.15) is 22.7 Å². The van der Waals surface area contributed by atoms with Gasteiger partial charge in [-0.2, -0.15) is 13.2 Å². The number of hydrogen-bond acceptors (Lipinski definition) is 4. The Labute approximate surface area is 100 Å². The van der Waals surface area contributed by atoms with E-state index >= 15 is 0 Å². The van der Waals surface area contributed by atoms with Gasteiger partial charge < -0.3 is 14.5 Å². The van der Waals surface area contributed by atoms with Gasteiger partial charge in [-0.1, -0.05) is 5.16 Å². The fraction of sp³-hybridized carbons (Fsp3) is 0.600. The fourth-order valence-corrected chi connectivity index (χ4v) is 1.83. The van der Waals surface area contributed by atoms with Crippen molar-refractivity contribution in [2.24, 2.45) is 0 Å². The molecule has 18 heavy (non-hydrogen) atoms. The predicted octanol–water partition coefficient (Wildman–Crippen LogP) is 1.12. The van der Waals surface area contributed by atoms with E-state index in [1.54, 1.807) is 6.92 Å². The van der Waals surface area contributed by atoms with Gasteiger partial charge in [-0.25, -0.2) is 0 Å². The first-order valence-electron chi connectivity index (χ1n) is 5.25. The van der Waals surface area contributed by atoms with E-state index in [1.165, 1.54) is 6.07 Å². The third-order valence-corrected chi connectivity index (χ3v) is 2.91. The maximum atomic E-state index is 12.6. The van der Waals surface area contributed by atoms with E-state index in [9.17, 15) is 23.1 Å². The molecule has 2 heterocycles. The number of alkyl halides is 3. The molecule has 1 atom stereocenters. The Morgan fingerprint density at radius 3 is 2.72 bits per heavy atom. The van der Waals surface area contributed by atoms with Gasteiger partial charge in [0.15, 0.2) is 11.3 Å². The number of aromatic nitrogens is 1. The Balaban J connectivity index is 2.12. The quantitative estimate of drug-likeness (QED) is 0.825. The summed E-state index contributed by atoms with van der Waals surface area (Å²) >= 11 is 0. The third kappa shape index (κ3) is 2.07. The van der Waals surface area contributed by atoms with Crippen molar-refractivity contribution in [3.05, 3.63) is 17.5 Å². The van der Waals surface area contributed by atoms with Crippen LogP contribution >= 0.6 is 0 Å². The predicted molar refractivity (Wildman–Crippen MR) is 52.8 cm³/mol. The minimum Gasteiger partial charge on any atom is -0.379 e. The van der Waals surface area contributed by atoms with Crippen molar-refractivity contribution < 1.29 is 27.6 Å². The zero-order chi connectivity index (χ0) is 13.6. The van der Waals surface area contributed by atoms with Gasteiger partial charge in [0.05, 0.1) is 6.54 Å². The van der Waals surface area contributed by atoms with Gasteiger partial charge in [0, 0.05) is 19.0 Å². The summed E-state index contributed by atoms with van der Waals surface area (Å²) in [6.07, 6.45) is -5.28. The van der Waals surface area contributed by atoms with Crippen LogP contribution in [0.15, 0.2) is 10.6 Å². The topological polar surface area (TPSA) is 66.6 Å². The molecular formula is C10H11F3N2O3. The second-order valence-corrected chi connectivity index (χ2v) is 4.33. The Kier molecular flexibility index (Phi) is 2.84. The van der Waals surface area contributed by atoms with Gasteiger partial charge in [0.1, 0.15) is 5.76 Å². The lowest BCUT2D eigenvalue weighted by Crippen LogP contribution is -2.48. The molecule has 1 aromatic rings. The van der Waals surface area contributed by atoms with Crippen LogP contribution in [0.2, 0.25) is 0 Å². The number of aryl methyl sites for hydroxylation is 1. The van der Waals surface area contributed by atoms with Crippen LogP contribution in [-0.4, -0.2) is 45.9 Å². The molecule has 1 aromatic heterocycles. The number of β-amino-alcohol motifs (C(OH)–C–C–N with tert-alkyl or cyclic N) is 1. The SMILES string of the molecule is Cc1cc(C(=O)N2CCC(O)(C(F)(F)F)C2)no1. The number of nitrogens with zero attached hydrogens (tertiary/aromatic N) is 2. The van der Waals surface area contributed by atoms with Crippen LogP contribution < -0.4 is 0 Å². The molecule has 0 saturated carbocycles. The lowest BCUT2D eigenvalue weighted by Gasteiger charge is -2.25. The maximum absolute atomic E-state index is 12.6. The molecule has 1 fully saturated rings. The second-order valence-electron chi connectivity index (χ2n) is 4.33. The first-order valence-corrected chi connectivity index (χ1v) is 5.25. The first-order chi connectivity index (χ1) is 8.23. The van der Waals surface area contributed by atoms with Crippen molar-refractivity contribution in [1.82, 2.24) is 10.1 Å². The molecule has 0 bridgehead atoms. The summed E-state index contributed by atoms with van der Waals surface area (Å²) in [5.41, 5.74) is -2.89. The highest BCUT2D eigenvalue weighted by atomic mass is 19.4. The Hall–Kier alpha value is -1.57. The van der Waals surface area contributed by atoms with Crippen molar-refractivity contribution in [1.29, 1.82) is 0 Å². The van der Waals surface area contributed by atoms with E-state index < -0.39 is 30.7 Å². The van der Waals surface area contributed by atoms with Crippen molar-refractivity contribution in [2.75, 3.05) is 13.1 Å². The summed E-state index contributed by atoms with van der Waals surface area (Å²) in [7, 11) is 0. The molecule has 5 nitrogen and oxygen atoms in total. The highest BCUT2D eigenvalue weighted by Gasteiger charge is 2.57. The lowest BCUT2D eigenvalue weighted by atomic mass is 10.0. The minimum absolute atomic E-state index is 0.0566. The van der Waals surface area contributed by atoms with Crippen molar-refractivity contribution >= 4 is 5.91 Å². The number of rotatable bonds is 1. The van der Waals surface area contributed by atoms with Gasteiger partial charge in [-0.15, -0.1) is 0 Å². The van der Waals surface area contributed by atoms with E-state index in [0.717, 1.165) is 4.90 Å². The molecule has 1 amide bonds. The number of carbonyl (C=O) groups is 1. The molecule has 1 aliphatic rings. The molecule has 0 aromatic carbocycles. The number of hydrogen-bond donors (Lipinski definition) is 1. The van der Waals surface area contributed by atoms with E-state index in [4.69, 9.17) is 0 Å². The van der Waals surface area contributed by atoms with Gasteiger partial charge in [0.2, 0.25) is 0 Å². The zero-order valence-electron chi connectivity index (χ0n) is 9.49. The average Bonchev–Trinajstić information content (AvgIpc) is 2.84. The molecule has 0 aliphatic carbocycles. The highest BCUT2D eigenvalue weighted by molar-refractivity contribution is 5.92. The lowest BCUT2D eigenvalue weighted by molar-refractivity contribution is -0.253. The van der Waals surface area contributed by atoms with Crippen LogP contribution in [0, 0.1) is 6.92 Å². The molecule has 1 saturated heterocycles. The van der Waals surface area contributed by atoms with Crippen molar-refractivity contribution in [3.8, 4) is 0 Å². The number of halogens is 3. The third-order valence-electron chi connectivity index (χ3n) is 2.91. The highest BCUT2D eigenvalue weighted by Crippen LogP contribution is 2.37.